The maximum atomic E-state index is 14.1. The summed E-state index contributed by atoms with van der Waals surface area (Å²) in [5, 5.41) is 4.18. The molecule has 1 aromatic heterocycles. The van der Waals surface area contributed by atoms with E-state index in [4.69, 9.17) is 0 Å². The van der Waals surface area contributed by atoms with Gasteiger partial charge in [0.25, 0.3) is 0 Å². The van der Waals surface area contributed by atoms with Gasteiger partial charge in [0.2, 0.25) is 11.8 Å². The number of ether oxygens (including phenoxy) is 1. The number of rotatable bonds is 6. The van der Waals surface area contributed by atoms with Crippen LogP contribution < -0.4 is 15.0 Å². The SMILES string of the molecule is CC(=O)N(c1nc(C=CC(=O)Nc2cccc(OC(F)(F)F)c2)cs1)c1ccccc1F. The Balaban J connectivity index is 1.70. The number of aromatic nitrogens is 1. The molecule has 0 saturated heterocycles. The fourth-order valence-corrected chi connectivity index (χ4v) is 3.46. The van der Waals surface area contributed by atoms with Crippen LogP contribution >= 0.6 is 11.3 Å². The number of amides is 2. The summed E-state index contributed by atoms with van der Waals surface area (Å²) < 4.78 is 54.9. The van der Waals surface area contributed by atoms with Crippen LogP contribution in [-0.4, -0.2) is 23.2 Å². The lowest BCUT2D eigenvalue weighted by Gasteiger charge is -2.18. The average molecular weight is 465 g/mol. The molecule has 0 aliphatic rings. The monoisotopic (exact) mass is 465 g/mol. The lowest BCUT2D eigenvalue weighted by atomic mass is 10.3. The minimum atomic E-state index is -4.85. The first-order valence-corrected chi connectivity index (χ1v) is 9.86. The summed E-state index contributed by atoms with van der Waals surface area (Å²) in [6.07, 6.45) is -2.37. The van der Waals surface area contributed by atoms with Crippen molar-refractivity contribution >= 4 is 45.7 Å². The van der Waals surface area contributed by atoms with Crippen molar-refractivity contribution in [3.63, 3.8) is 0 Å². The van der Waals surface area contributed by atoms with Gasteiger partial charge in [-0.25, -0.2) is 9.37 Å². The molecule has 0 radical (unpaired) electrons. The van der Waals surface area contributed by atoms with E-state index in [2.05, 4.69) is 15.0 Å². The number of carbonyl (C=O) groups is 2. The lowest BCUT2D eigenvalue weighted by Crippen LogP contribution is -2.23. The number of hydrogen-bond acceptors (Lipinski definition) is 5. The predicted molar refractivity (Wildman–Crippen MR) is 112 cm³/mol. The number of para-hydroxylation sites is 1. The maximum absolute atomic E-state index is 14.1. The number of nitrogens with zero attached hydrogens (tertiary/aromatic N) is 2. The predicted octanol–water partition coefficient (Wildman–Crippen LogP) is 5.52. The smallest absolute Gasteiger partial charge is 0.406 e. The highest BCUT2D eigenvalue weighted by molar-refractivity contribution is 7.14. The molecule has 1 N–H and O–H groups in total. The van der Waals surface area contributed by atoms with Gasteiger partial charge in [0, 0.05) is 30.1 Å². The number of thiazole rings is 1. The van der Waals surface area contributed by atoms with E-state index in [1.54, 1.807) is 11.4 Å². The van der Waals surface area contributed by atoms with Crippen molar-refractivity contribution in [1.82, 2.24) is 4.98 Å². The van der Waals surface area contributed by atoms with Crippen LogP contribution in [0.3, 0.4) is 0 Å². The van der Waals surface area contributed by atoms with Crippen molar-refractivity contribution < 1.29 is 31.9 Å². The Labute approximate surface area is 183 Å². The second-order valence-electron chi connectivity index (χ2n) is 6.26. The van der Waals surface area contributed by atoms with E-state index >= 15 is 0 Å². The van der Waals surface area contributed by atoms with Crippen molar-refractivity contribution in [2.45, 2.75) is 13.3 Å². The topological polar surface area (TPSA) is 71.5 Å². The van der Waals surface area contributed by atoms with E-state index in [9.17, 15) is 27.2 Å². The molecule has 0 bridgehead atoms. The molecule has 2 aromatic carbocycles. The highest BCUT2D eigenvalue weighted by atomic mass is 32.1. The number of hydrogen-bond donors (Lipinski definition) is 1. The Bertz CT molecular complexity index is 1160. The van der Waals surface area contributed by atoms with Crippen LogP contribution in [0.5, 0.6) is 5.75 Å². The van der Waals surface area contributed by atoms with Gasteiger partial charge in [-0.15, -0.1) is 24.5 Å². The zero-order valence-corrected chi connectivity index (χ0v) is 17.2. The van der Waals surface area contributed by atoms with Crippen molar-refractivity contribution in [3.8, 4) is 5.75 Å². The van der Waals surface area contributed by atoms with E-state index in [0.717, 1.165) is 34.4 Å². The van der Waals surface area contributed by atoms with Gasteiger partial charge >= 0.3 is 6.36 Å². The van der Waals surface area contributed by atoms with Gasteiger partial charge < -0.3 is 10.1 Å². The standard InChI is InChI=1S/C21H15F4N3O3S/c1-13(29)28(18-8-3-2-7-17(18)22)20-27-15(12-32-20)9-10-19(30)26-14-5-4-6-16(11-14)31-21(23,24)25/h2-12H,1H3,(H,26,30). The third kappa shape index (κ3) is 6.14. The summed E-state index contributed by atoms with van der Waals surface area (Å²) in [7, 11) is 0. The minimum absolute atomic E-state index is 0.0450. The van der Waals surface area contributed by atoms with Crippen LogP contribution in [0.4, 0.5) is 34.1 Å². The Hall–Kier alpha value is -3.73. The summed E-state index contributed by atoms with van der Waals surface area (Å²) in [4.78, 5) is 29.5. The van der Waals surface area contributed by atoms with E-state index in [1.165, 1.54) is 43.3 Å². The minimum Gasteiger partial charge on any atom is -0.406 e. The molecule has 0 atom stereocenters. The van der Waals surface area contributed by atoms with Crippen LogP contribution in [0.25, 0.3) is 6.08 Å². The van der Waals surface area contributed by atoms with Gasteiger partial charge in [-0.3, -0.25) is 14.5 Å². The number of carbonyl (C=O) groups excluding carboxylic acids is 2. The fourth-order valence-electron chi connectivity index (χ4n) is 2.61. The van der Waals surface area contributed by atoms with Gasteiger partial charge in [-0.2, -0.15) is 0 Å². The van der Waals surface area contributed by atoms with Gasteiger partial charge in [0.05, 0.1) is 11.4 Å². The Morgan fingerprint density at radius 3 is 2.59 bits per heavy atom. The summed E-state index contributed by atoms with van der Waals surface area (Å²) in [5.41, 5.74) is 0.475. The van der Waals surface area contributed by atoms with E-state index < -0.39 is 29.7 Å². The van der Waals surface area contributed by atoms with Crippen LogP contribution in [0.1, 0.15) is 12.6 Å². The summed E-state index contributed by atoms with van der Waals surface area (Å²) in [5.74, 6) is -2.13. The Morgan fingerprint density at radius 1 is 1.16 bits per heavy atom. The zero-order chi connectivity index (χ0) is 23.3. The molecular weight excluding hydrogens is 450 g/mol. The Kier molecular flexibility index (Phi) is 6.89. The molecular formula is C21H15F4N3O3S. The molecule has 3 rings (SSSR count). The van der Waals surface area contributed by atoms with Gasteiger partial charge in [0.1, 0.15) is 11.6 Å². The highest BCUT2D eigenvalue weighted by Crippen LogP contribution is 2.31. The molecule has 0 unspecified atom stereocenters. The third-order valence-corrected chi connectivity index (χ3v) is 4.69. The van der Waals surface area contributed by atoms with Crippen LogP contribution in [0, 0.1) is 5.82 Å². The van der Waals surface area contributed by atoms with Gasteiger partial charge in [-0.05, 0) is 30.3 Å². The summed E-state index contributed by atoms with van der Waals surface area (Å²) >= 11 is 1.07. The summed E-state index contributed by atoms with van der Waals surface area (Å²) in [6, 6.07) is 10.6. The molecule has 0 saturated carbocycles. The molecule has 0 aliphatic heterocycles. The normalized spacial score (nSPS) is 11.4. The van der Waals surface area contributed by atoms with Crippen LogP contribution in [0.2, 0.25) is 0 Å². The molecule has 0 aliphatic carbocycles. The van der Waals surface area contributed by atoms with Crippen molar-refractivity contribution in [3.05, 3.63) is 71.5 Å². The molecule has 32 heavy (non-hydrogen) atoms. The maximum Gasteiger partial charge on any atom is 0.573 e. The molecule has 3 aromatic rings. The van der Waals surface area contributed by atoms with Crippen molar-refractivity contribution in [2.75, 3.05) is 10.2 Å². The van der Waals surface area contributed by atoms with Crippen LogP contribution in [0.15, 0.2) is 60.0 Å². The number of anilines is 3. The molecule has 0 fully saturated rings. The highest BCUT2D eigenvalue weighted by Gasteiger charge is 2.31. The third-order valence-electron chi connectivity index (χ3n) is 3.85. The van der Waals surface area contributed by atoms with Crippen molar-refractivity contribution in [1.29, 1.82) is 0 Å². The number of nitrogens with one attached hydrogen (secondary N) is 1. The summed E-state index contributed by atoms with van der Waals surface area (Å²) in [6.45, 7) is 1.27. The second-order valence-corrected chi connectivity index (χ2v) is 7.10. The molecule has 0 spiro atoms. The average Bonchev–Trinajstić information content (AvgIpc) is 3.15. The van der Waals surface area contributed by atoms with Crippen molar-refractivity contribution in [2.24, 2.45) is 0 Å². The second kappa shape index (κ2) is 9.60. The lowest BCUT2D eigenvalue weighted by molar-refractivity contribution is -0.274. The van der Waals surface area contributed by atoms with Gasteiger partial charge in [0.15, 0.2) is 5.13 Å². The first kappa shape index (κ1) is 22.9. The van der Waals surface area contributed by atoms with E-state index in [-0.39, 0.29) is 16.5 Å². The molecule has 1 heterocycles. The molecule has 2 amide bonds. The van der Waals surface area contributed by atoms with E-state index in [0.29, 0.717) is 5.69 Å². The zero-order valence-electron chi connectivity index (χ0n) is 16.4. The first-order valence-electron chi connectivity index (χ1n) is 8.98. The molecule has 166 valence electrons. The number of alkyl halides is 3. The van der Waals surface area contributed by atoms with Crippen LogP contribution in [-0.2, 0) is 9.59 Å². The quantitative estimate of drug-likeness (QED) is 0.385. The van der Waals surface area contributed by atoms with E-state index in [1.807, 2.05) is 0 Å². The van der Waals surface area contributed by atoms with Gasteiger partial charge in [-0.1, -0.05) is 18.2 Å². The fraction of sp³-hybridized carbons (Fsp3) is 0.0952. The first-order chi connectivity index (χ1) is 15.1. The number of halogens is 4. The molecule has 11 heteroatoms. The molecule has 6 nitrogen and oxygen atoms in total. The largest absolute Gasteiger partial charge is 0.573 e. The Morgan fingerprint density at radius 2 is 1.91 bits per heavy atom. The number of benzene rings is 2.